The standard InChI is InChI=1S/C19H20N4O2/c24-13-9-12(10-13)19(16-7-3-4-8-20-16)21-18(25)11-17-14-5-1-2-6-15(14)22-23-17/h1-8,12-13,19,24H,9-11H2,(H,21,25)(H,22,23)/t12?,13?,19-/m0/s1. The number of aromatic amines is 1. The van der Waals surface area contributed by atoms with Gasteiger partial charge in [-0.3, -0.25) is 14.9 Å². The van der Waals surface area contributed by atoms with Crippen molar-refractivity contribution in [3.8, 4) is 0 Å². The number of para-hydroxylation sites is 1. The molecule has 3 aromatic rings. The monoisotopic (exact) mass is 336 g/mol. The van der Waals surface area contributed by atoms with Gasteiger partial charge in [0.25, 0.3) is 0 Å². The summed E-state index contributed by atoms with van der Waals surface area (Å²) in [6, 6.07) is 13.2. The van der Waals surface area contributed by atoms with Gasteiger partial charge in [-0.2, -0.15) is 5.10 Å². The van der Waals surface area contributed by atoms with Crippen molar-refractivity contribution in [1.29, 1.82) is 0 Å². The van der Waals surface area contributed by atoms with E-state index < -0.39 is 0 Å². The first-order valence-corrected chi connectivity index (χ1v) is 8.51. The summed E-state index contributed by atoms with van der Waals surface area (Å²) in [4.78, 5) is 17.0. The van der Waals surface area contributed by atoms with Gasteiger partial charge in [0, 0.05) is 11.6 Å². The molecular weight excluding hydrogens is 316 g/mol. The van der Waals surface area contributed by atoms with Crippen LogP contribution in [0.2, 0.25) is 0 Å². The van der Waals surface area contributed by atoms with Gasteiger partial charge in [-0.25, -0.2) is 0 Å². The first-order chi connectivity index (χ1) is 12.2. The van der Waals surface area contributed by atoms with E-state index in [4.69, 9.17) is 0 Å². The minimum atomic E-state index is -0.273. The van der Waals surface area contributed by atoms with Crippen molar-refractivity contribution < 1.29 is 9.90 Å². The van der Waals surface area contributed by atoms with Crippen molar-refractivity contribution >= 4 is 16.8 Å². The van der Waals surface area contributed by atoms with E-state index in [1.165, 1.54) is 0 Å². The molecule has 1 aliphatic carbocycles. The summed E-state index contributed by atoms with van der Waals surface area (Å²) in [5.74, 6) is 0.138. The molecule has 0 unspecified atom stereocenters. The number of benzene rings is 1. The summed E-state index contributed by atoms with van der Waals surface area (Å²) in [7, 11) is 0. The molecule has 1 aromatic carbocycles. The van der Waals surface area contributed by atoms with Crippen LogP contribution in [0.4, 0.5) is 0 Å². The van der Waals surface area contributed by atoms with Crippen LogP contribution in [0.1, 0.15) is 30.3 Å². The van der Waals surface area contributed by atoms with Crippen molar-refractivity contribution in [2.24, 2.45) is 5.92 Å². The number of hydrogen-bond donors (Lipinski definition) is 3. The van der Waals surface area contributed by atoms with Crippen molar-refractivity contribution in [3.63, 3.8) is 0 Å². The third kappa shape index (κ3) is 3.25. The number of amides is 1. The number of H-pyrrole nitrogens is 1. The lowest BCUT2D eigenvalue weighted by Crippen LogP contribution is -2.42. The largest absolute Gasteiger partial charge is 0.393 e. The highest BCUT2D eigenvalue weighted by Gasteiger charge is 2.36. The van der Waals surface area contributed by atoms with Gasteiger partial charge in [0.1, 0.15) is 0 Å². The lowest BCUT2D eigenvalue weighted by Gasteiger charge is -2.37. The molecule has 2 heterocycles. The van der Waals surface area contributed by atoms with E-state index in [1.807, 2.05) is 42.5 Å². The molecule has 128 valence electrons. The third-order valence-corrected chi connectivity index (χ3v) is 4.82. The lowest BCUT2D eigenvalue weighted by atomic mass is 9.76. The molecule has 0 saturated heterocycles. The quantitative estimate of drug-likeness (QED) is 0.666. The zero-order chi connectivity index (χ0) is 17.2. The molecule has 2 aromatic heterocycles. The van der Waals surface area contributed by atoms with Gasteiger partial charge in [0.2, 0.25) is 5.91 Å². The molecule has 1 aliphatic rings. The average molecular weight is 336 g/mol. The zero-order valence-corrected chi connectivity index (χ0v) is 13.7. The molecule has 0 bridgehead atoms. The Morgan fingerprint density at radius 3 is 2.80 bits per heavy atom. The topological polar surface area (TPSA) is 90.9 Å². The molecule has 6 heteroatoms. The van der Waals surface area contributed by atoms with Crippen LogP contribution in [0, 0.1) is 5.92 Å². The summed E-state index contributed by atoms with van der Waals surface area (Å²) in [5.41, 5.74) is 2.50. The van der Waals surface area contributed by atoms with Crippen LogP contribution in [0.5, 0.6) is 0 Å². The molecule has 3 N–H and O–H groups in total. The number of nitrogens with zero attached hydrogens (tertiary/aromatic N) is 2. The summed E-state index contributed by atoms with van der Waals surface area (Å²) in [6.45, 7) is 0. The number of hydrogen-bond acceptors (Lipinski definition) is 4. The van der Waals surface area contributed by atoms with Crippen molar-refractivity contribution in [2.75, 3.05) is 0 Å². The van der Waals surface area contributed by atoms with Crippen LogP contribution in [0.25, 0.3) is 10.9 Å². The molecule has 1 fully saturated rings. The van der Waals surface area contributed by atoms with Crippen LogP contribution in [-0.2, 0) is 11.2 Å². The average Bonchev–Trinajstić information content (AvgIpc) is 3.01. The maximum atomic E-state index is 12.6. The fraction of sp³-hybridized carbons (Fsp3) is 0.316. The number of carbonyl (C=O) groups excluding carboxylic acids is 1. The van der Waals surface area contributed by atoms with Crippen molar-refractivity contribution in [3.05, 3.63) is 60.0 Å². The Kier molecular flexibility index (Phi) is 4.19. The van der Waals surface area contributed by atoms with Crippen LogP contribution >= 0.6 is 0 Å². The van der Waals surface area contributed by atoms with E-state index in [1.54, 1.807) is 6.20 Å². The second-order valence-electron chi connectivity index (χ2n) is 6.58. The van der Waals surface area contributed by atoms with E-state index in [-0.39, 0.29) is 30.4 Å². The van der Waals surface area contributed by atoms with Crippen LogP contribution in [0.3, 0.4) is 0 Å². The highest BCUT2D eigenvalue weighted by atomic mass is 16.3. The lowest BCUT2D eigenvalue weighted by molar-refractivity contribution is -0.122. The Bertz CT molecular complexity index is 871. The highest BCUT2D eigenvalue weighted by molar-refractivity contribution is 5.87. The Morgan fingerprint density at radius 2 is 2.04 bits per heavy atom. The Balaban J connectivity index is 1.50. The minimum Gasteiger partial charge on any atom is -0.393 e. The molecule has 1 saturated carbocycles. The number of pyridine rings is 1. The van der Waals surface area contributed by atoms with Crippen molar-refractivity contribution in [2.45, 2.75) is 31.4 Å². The molecule has 0 radical (unpaired) electrons. The normalized spacial score (nSPS) is 20.8. The number of rotatable bonds is 5. The molecule has 4 rings (SSSR count). The summed E-state index contributed by atoms with van der Waals surface area (Å²) in [5, 5.41) is 20.9. The number of aliphatic hydroxyl groups is 1. The van der Waals surface area contributed by atoms with Gasteiger partial charge in [0.15, 0.2) is 0 Å². The van der Waals surface area contributed by atoms with E-state index in [2.05, 4.69) is 20.5 Å². The van der Waals surface area contributed by atoms with Gasteiger partial charge in [0.05, 0.1) is 35.5 Å². The summed E-state index contributed by atoms with van der Waals surface area (Å²) in [6.07, 6.45) is 3.07. The molecule has 1 atom stereocenters. The fourth-order valence-electron chi connectivity index (χ4n) is 3.43. The third-order valence-electron chi connectivity index (χ3n) is 4.82. The van der Waals surface area contributed by atoms with E-state index in [0.717, 1.165) is 22.3 Å². The van der Waals surface area contributed by atoms with Gasteiger partial charge in [-0.15, -0.1) is 0 Å². The second kappa shape index (κ2) is 6.64. The van der Waals surface area contributed by atoms with E-state index in [0.29, 0.717) is 12.8 Å². The van der Waals surface area contributed by atoms with E-state index in [9.17, 15) is 9.90 Å². The molecule has 0 aliphatic heterocycles. The number of fused-ring (bicyclic) bond motifs is 1. The predicted molar refractivity (Wildman–Crippen MR) is 93.6 cm³/mol. The SMILES string of the molecule is O=C(Cc1[nH]nc2ccccc12)N[C@H](c1ccccn1)C1CC(O)C1. The molecular formula is C19H20N4O2. The van der Waals surface area contributed by atoms with E-state index >= 15 is 0 Å². The maximum absolute atomic E-state index is 12.6. The minimum absolute atomic E-state index is 0.0774. The first kappa shape index (κ1) is 15.8. The predicted octanol–water partition coefficient (Wildman–Crippen LogP) is 2.13. The Hall–Kier alpha value is -2.73. The Labute approximate surface area is 145 Å². The van der Waals surface area contributed by atoms with Crippen LogP contribution < -0.4 is 5.32 Å². The number of carbonyl (C=O) groups is 1. The number of aromatic nitrogens is 3. The highest BCUT2D eigenvalue weighted by Crippen LogP contribution is 2.37. The fourth-order valence-corrected chi connectivity index (χ4v) is 3.43. The zero-order valence-electron chi connectivity index (χ0n) is 13.7. The van der Waals surface area contributed by atoms with Gasteiger partial charge in [-0.05, 0) is 37.0 Å². The Morgan fingerprint density at radius 1 is 1.24 bits per heavy atom. The molecule has 0 spiro atoms. The van der Waals surface area contributed by atoms with Crippen molar-refractivity contribution in [1.82, 2.24) is 20.5 Å². The van der Waals surface area contributed by atoms with Crippen LogP contribution in [0.15, 0.2) is 48.7 Å². The first-order valence-electron chi connectivity index (χ1n) is 8.51. The second-order valence-corrected chi connectivity index (χ2v) is 6.58. The summed E-state index contributed by atoms with van der Waals surface area (Å²) < 4.78 is 0. The summed E-state index contributed by atoms with van der Waals surface area (Å²) >= 11 is 0. The van der Waals surface area contributed by atoms with Gasteiger partial charge < -0.3 is 10.4 Å². The molecule has 6 nitrogen and oxygen atoms in total. The number of aliphatic hydroxyl groups excluding tert-OH is 1. The van der Waals surface area contributed by atoms with Gasteiger partial charge >= 0.3 is 0 Å². The maximum Gasteiger partial charge on any atom is 0.226 e. The molecule has 1 amide bonds. The smallest absolute Gasteiger partial charge is 0.226 e. The van der Waals surface area contributed by atoms with Gasteiger partial charge in [-0.1, -0.05) is 24.3 Å². The number of nitrogens with one attached hydrogen (secondary N) is 2. The van der Waals surface area contributed by atoms with Crippen LogP contribution in [-0.4, -0.2) is 32.3 Å². The molecule has 25 heavy (non-hydrogen) atoms.